The number of primary sulfonamides is 1. The number of rotatable bonds is 4. The van der Waals surface area contributed by atoms with Crippen LogP contribution in [-0.4, -0.2) is 28.5 Å². The quantitative estimate of drug-likeness (QED) is 0.920. The van der Waals surface area contributed by atoms with Gasteiger partial charge in [0, 0.05) is 24.4 Å². The van der Waals surface area contributed by atoms with Crippen molar-refractivity contribution in [3.05, 3.63) is 53.8 Å². The molecule has 2 aromatic carbocycles. The van der Waals surface area contributed by atoms with Crippen LogP contribution in [0.15, 0.2) is 47.4 Å². The molecule has 1 amide bonds. The Morgan fingerprint density at radius 3 is 2.26 bits per heavy atom. The molecule has 0 saturated carbocycles. The van der Waals surface area contributed by atoms with Crippen LogP contribution in [0.2, 0.25) is 0 Å². The highest BCUT2D eigenvalue weighted by atomic mass is 32.2. The van der Waals surface area contributed by atoms with Crippen molar-refractivity contribution in [3.63, 3.8) is 0 Å². The minimum atomic E-state index is -3.82. The molecule has 0 heterocycles. The van der Waals surface area contributed by atoms with Gasteiger partial charge in [0.15, 0.2) is 11.6 Å². The normalized spacial score (nSPS) is 11.1. The van der Waals surface area contributed by atoms with Gasteiger partial charge in [0.2, 0.25) is 10.0 Å². The Kier molecular flexibility index (Phi) is 4.67. The van der Waals surface area contributed by atoms with Crippen molar-refractivity contribution in [2.24, 2.45) is 5.14 Å². The molecule has 2 rings (SSSR count). The van der Waals surface area contributed by atoms with E-state index >= 15 is 0 Å². The van der Waals surface area contributed by atoms with Crippen molar-refractivity contribution in [1.29, 1.82) is 0 Å². The summed E-state index contributed by atoms with van der Waals surface area (Å²) in [5.41, 5.74) is 0.583. The molecule has 0 unspecified atom stereocenters. The number of benzene rings is 2. The summed E-state index contributed by atoms with van der Waals surface area (Å²) >= 11 is 0. The van der Waals surface area contributed by atoms with Gasteiger partial charge in [-0.3, -0.25) is 4.79 Å². The average molecular weight is 338 g/mol. The van der Waals surface area contributed by atoms with Gasteiger partial charge in [-0.15, -0.1) is 0 Å². The minimum Gasteiger partial charge on any atom is -0.494 e. The van der Waals surface area contributed by atoms with E-state index in [9.17, 15) is 17.6 Å². The Hall–Kier alpha value is -2.45. The number of hydrogen-bond acceptors (Lipinski definition) is 4. The van der Waals surface area contributed by atoms with Crippen LogP contribution in [0, 0.1) is 5.82 Å². The molecular weight excluding hydrogens is 323 g/mol. The maximum atomic E-state index is 13.7. The van der Waals surface area contributed by atoms with E-state index < -0.39 is 21.7 Å². The number of amides is 1. The Morgan fingerprint density at radius 1 is 1.17 bits per heavy atom. The summed E-state index contributed by atoms with van der Waals surface area (Å²) in [4.78, 5) is 13.5. The zero-order valence-corrected chi connectivity index (χ0v) is 13.3. The molecular formula is C15H15FN2O4S. The van der Waals surface area contributed by atoms with Crippen molar-refractivity contribution in [3.8, 4) is 5.75 Å². The van der Waals surface area contributed by atoms with Gasteiger partial charge in [-0.2, -0.15) is 0 Å². The van der Waals surface area contributed by atoms with Crippen LogP contribution in [-0.2, 0) is 10.0 Å². The zero-order valence-electron chi connectivity index (χ0n) is 12.5. The lowest BCUT2D eigenvalue weighted by Gasteiger charge is -2.18. The summed E-state index contributed by atoms with van der Waals surface area (Å²) in [6.45, 7) is 0. The van der Waals surface area contributed by atoms with Gasteiger partial charge in [-0.05, 0) is 36.4 Å². The lowest BCUT2D eigenvalue weighted by molar-refractivity contribution is 0.0993. The monoisotopic (exact) mass is 338 g/mol. The second-order valence-corrected chi connectivity index (χ2v) is 6.31. The van der Waals surface area contributed by atoms with Gasteiger partial charge in [0.25, 0.3) is 5.91 Å². The molecule has 2 aromatic rings. The molecule has 0 saturated heterocycles. The van der Waals surface area contributed by atoms with E-state index in [0.717, 1.165) is 0 Å². The van der Waals surface area contributed by atoms with E-state index in [-0.39, 0.29) is 16.2 Å². The summed E-state index contributed by atoms with van der Waals surface area (Å²) < 4.78 is 40.9. The lowest BCUT2D eigenvalue weighted by Crippen LogP contribution is -2.26. The van der Waals surface area contributed by atoms with Crippen molar-refractivity contribution < 1.29 is 22.3 Å². The first-order valence-electron chi connectivity index (χ1n) is 6.48. The van der Waals surface area contributed by atoms with Crippen LogP contribution >= 0.6 is 0 Å². The largest absolute Gasteiger partial charge is 0.494 e. The molecule has 0 bridgehead atoms. The number of anilines is 1. The molecule has 0 fully saturated rings. The van der Waals surface area contributed by atoms with Crippen LogP contribution in [0.3, 0.4) is 0 Å². The number of nitrogens with zero attached hydrogens (tertiary/aromatic N) is 1. The van der Waals surface area contributed by atoms with Crippen LogP contribution in [0.1, 0.15) is 10.4 Å². The van der Waals surface area contributed by atoms with Crippen molar-refractivity contribution in [2.75, 3.05) is 19.1 Å². The third kappa shape index (κ3) is 3.66. The van der Waals surface area contributed by atoms with Crippen LogP contribution in [0.5, 0.6) is 5.75 Å². The molecule has 23 heavy (non-hydrogen) atoms. The van der Waals surface area contributed by atoms with Crippen molar-refractivity contribution >= 4 is 21.6 Å². The smallest absolute Gasteiger partial charge is 0.258 e. The number of ether oxygens (including phenoxy) is 1. The van der Waals surface area contributed by atoms with Gasteiger partial charge in [0.05, 0.1) is 12.0 Å². The van der Waals surface area contributed by atoms with E-state index in [1.54, 1.807) is 6.07 Å². The Labute approximate surface area is 133 Å². The summed E-state index contributed by atoms with van der Waals surface area (Å²) in [5, 5.41) is 5.00. The molecule has 0 aliphatic rings. The topological polar surface area (TPSA) is 89.7 Å². The fourth-order valence-corrected chi connectivity index (χ4v) is 2.48. The maximum Gasteiger partial charge on any atom is 0.258 e. The van der Waals surface area contributed by atoms with Crippen molar-refractivity contribution in [1.82, 2.24) is 0 Å². The molecule has 2 N–H and O–H groups in total. The molecule has 0 radical (unpaired) electrons. The second kappa shape index (κ2) is 6.35. The third-order valence-corrected chi connectivity index (χ3v) is 4.19. The minimum absolute atomic E-state index is 0.0760. The highest BCUT2D eigenvalue weighted by molar-refractivity contribution is 7.89. The Balaban J connectivity index is 2.27. The molecule has 0 spiro atoms. The predicted octanol–water partition coefficient (Wildman–Crippen LogP) is 1.76. The van der Waals surface area contributed by atoms with Crippen LogP contribution < -0.4 is 14.8 Å². The molecule has 122 valence electrons. The molecule has 0 atom stereocenters. The van der Waals surface area contributed by atoms with E-state index in [4.69, 9.17) is 9.88 Å². The van der Waals surface area contributed by atoms with Crippen LogP contribution in [0.25, 0.3) is 0 Å². The first-order valence-corrected chi connectivity index (χ1v) is 8.03. The van der Waals surface area contributed by atoms with E-state index in [0.29, 0.717) is 5.69 Å². The molecule has 0 aliphatic heterocycles. The van der Waals surface area contributed by atoms with Gasteiger partial charge in [-0.25, -0.2) is 17.9 Å². The number of hydrogen-bond donors (Lipinski definition) is 1. The molecule has 8 heteroatoms. The molecule has 6 nitrogen and oxygen atoms in total. The maximum absolute atomic E-state index is 13.7. The van der Waals surface area contributed by atoms with Crippen LogP contribution in [0.4, 0.5) is 10.1 Å². The standard InChI is InChI=1S/C15H15FN2O4S/c1-18(11-5-8-14(22-2)13(16)9-11)15(19)10-3-6-12(7-4-10)23(17,20)21/h3-9H,1-2H3,(H2,17,20,21). The number of carbonyl (C=O) groups is 1. The Morgan fingerprint density at radius 2 is 1.78 bits per heavy atom. The molecule has 0 aromatic heterocycles. The first kappa shape index (κ1) is 16.9. The van der Waals surface area contributed by atoms with E-state index in [1.165, 1.54) is 55.5 Å². The van der Waals surface area contributed by atoms with Gasteiger partial charge in [-0.1, -0.05) is 0 Å². The number of carbonyl (C=O) groups excluding carboxylic acids is 1. The van der Waals surface area contributed by atoms with E-state index in [1.807, 2.05) is 0 Å². The fraction of sp³-hybridized carbons (Fsp3) is 0.133. The number of sulfonamides is 1. The van der Waals surface area contributed by atoms with Gasteiger partial charge >= 0.3 is 0 Å². The summed E-state index contributed by atoms with van der Waals surface area (Å²) in [5.74, 6) is -0.933. The van der Waals surface area contributed by atoms with Crippen molar-refractivity contribution in [2.45, 2.75) is 4.90 Å². The lowest BCUT2D eigenvalue weighted by atomic mass is 10.2. The highest BCUT2D eigenvalue weighted by Gasteiger charge is 2.16. The predicted molar refractivity (Wildman–Crippen MR) is 83.5 cm³/mol. The first-order chi connectivity index (χ1) is 10.7. The number of methoxy groups -OCH3 is 1. The third-order valence-electron chi connectivity index (χ3n) is 3.26. The number of halogens is 1. The summed E-state index contributed by atoms with van der Waals surface area (Å²) in [7, 11) is -0.989. The summed E-state index contributed by atoms with van der Waals surface area (Å²) in [6.07, 6.45) is 0. The fourth-order valence-electron chi connectivity index (χ4n) is 1.96. The van der Waals surface area contributed by atoms with Gasteiger partial charge < -0.3 is 9.64 Å². The summed E-state index contributed by atoms with van der Waals surface area (Å²) in [6, 6.07) is 9.31. The van der Waals surface area contributed by atoms with Gasteiger partial charge in [0.1, 0.15) is 0 Å². The highest BCUT2D eigenvalue weighted by Crippen LogP contribution is 2.24. The SMILES string of the molecule is COc1ccc(N(C)C(=O)c2ccc(S(N)(=O)=O)cc2)cc1F. The second-order valence-electron chi connectivity index (χ2n) is 4.75. The number of nitrogens with two attached hydrogens (primary N) is 1. The average Bonchev–Trinajstić information content (AvgIpc) is 2.52. The Bertz CT molecular complexity index is 835. The molecule has 0 aliphatic carbocycles. The zero-order chi connectivity index (χ0) is 17.2. The van der Waals surface area contributed by atoms with E-state index in [2.05, 4.69) is 0 Å².